The highest BCUT2D eigenvalue weighted by Gasteiger charge is 2.11. The molecule has 3 nitrogen and oxygen atoms in total. The van der Waals surface area contributed by atoms with Crippen molar-refractivity contribution in [3.8, 4) is 16.9 Å². The molecule has 0 saturated heterocycles. The summed E-state index contributed by atoms with van der Waals surface area (Å²) in [6.45, 7) is 3.69. The Labute approximate surface area is 107 Å². The zero-order valence-electron chi connectivity index (χ0n) is 10.4. The van der Waals surface area contributed by atoms with Crippen molar-refractivity contribution in [2.75, 3.05) is 18.5 Å². The molecule has 0 spiro atoms. The Balaban J connectivity index is 1.95. The van der Waals surface area contributed by atoms with Gasteiger partial charge in [-0.15, -0.1) is 0 Å². The zero-order chi connectivity index (χ0) is 12.4. The summed E-state index contributed by atoms with van der Waals surface area (Å²) in [6.07, 6.45) is 2.96. The average Bonchev–Trinajstić information content (AvgIpc) is 2.47. The monoisotopic (exact) mass is 240 g/mol. The molecule has 1 aliphatic rings. The van der Waals surface area contributed by atoms with E-state index in [0.29, 0.717) is 6.61 Å². The maximum absolute atomic E-state index is 5.61. The summed E-state index contributed by atoms with van der Waals surface area (Å²) in [5.41, 5.74) is 3.62. The van der Waals surface area contributed by atoms with Crippen molar-refractivity contribution in [1.82, 2.24) is 4.98 Å². The molecule has 1 aliphatic heterocycles. The van der Waals surface area contributed by atoms with Crippen LogP contribution < -0.4 is 10.1 Å². The minimum absolute atomic E-state index is 0.701. The van der Waals surface area contributed by atoms with Crippen LogP contribution in [-0.2, 0) is 6.42 Å². The molecule has 1 N–H and O–H groups in total. The SMILES string of the molecule is CCc1ccc(-c2cnc3c(c2)OCCN3)cc1. The summed E-state index contributed by atoms with van der Waals surface area (Å²) in [5.74, 6) is 1.69. The van der Waals surface area contributed by atoms with Crippen LogP contribution in [0.25, 0.3) is 11.1 Å². The Bertz CT molecular complexity index is 549. The Morgan fingerprint density at radius 2 is 2.06 bits per heavy atom. The zero-order valence-corrected chi connectivity index (χ0v) is 10.4. The Morgan fingerprint density at radius 3 is 2.83 bits per heavy atom. The normalized spacial score (nSPS) is 13.4. The Kier molecular flexibility index (Phi) is 2.89. The Morgan fingerprint density at radius 1 is 1.22 bits per heavy atom. The molecule has 3 rings (SSSR count). The number of anilines is 1. The van der Waals surface area contributed by atoms with E-state index in [1.807, 2.05) is 6.20 Å². The molecule has 92 valence electrons. The lowest BCUT2D eigenvalue weighted by molar-refractivity contribution is 0.321. The van der Waals surface area contributed by atoms with E-state index in [1.165, 1.54) is 11.1 Å². The van der Waals surface area contributed by atoms with Crippen LogP contribution in [0.15, 0.2) is 36.5 Å². The molecule has 0 radical (unpaired) electrons. The predicted octanol–water partition coefficient (Wildman–Crippen LogP) is 3.12. The molecule has 0 unspecified atom stereocenters. The van der Waals surface area contributed by atoms with Crippen LogP contribution in [0.3, 0.4) is 0 Å². The van der Waals surface area contributed by atoms with Crippen molar-refractivity contribution in [2.45, 2.75) is 13.3 Å². The van der Waals surface area contributed by atoms with Crippen LogP contribution in [0, 0.1) is 0 Å². The second-order valence-electron chi connectivity index (χ2n) is 4.40. The van der Waals surface area contributed by atoms with Crippen molar-refractivity contribution < 1.29 is 4.74 Å². The number of nitrogens with zero attached hydrogens (tertiary/aromatic N) is 1. The third kappa shape index (κ3) is 2.04. The van der Waals surface area contributed by atoms with Gasteiger partial charge in [0.05, 0.1) is 6.54 Å². The molecule has 3 heteroatoms. The molecular weight excluding hydrogens is 224 g/mol. The fraction of sp³-hybridized carbons (Fsp3) is 0.267. The molecule has 2 heterocycles. The lowest BCUT2D eigenvalue weighted by atomic mass is 10.0. The van der Waals surface area contributed by atoms with Crippen molar-refractivity contribution in [1.29, 1.82) is 0 Å². The Hall–Kier alpha value is -2.03. The molecule has 0 fully saturated rings. The second-order valence-corrected chi connectivity index (χ2v) is 4.40. The molecular formula is C15H16N2O. The minimum atomic E-state index is 0.701. The van der Waals surface area contributed by atoms with E-state index in [1.54, 1.807) is 0 Å². The minimum Gasteiger partial charge on any atom is -0.488 e. The number of rotatable bonds is 2. The molecule has 1 aromatic heterocycles. The summed E-state index contributed by atoms with van der Waals surface area (Å²) < 4.78 is 5.61. The summed E-state index contributed by atoms with van der Waals surface area (Å²) in [5, 5.41) is 3.22. The van der Waals surface area contributed by atoms with E-state index >= 15 is 0 Å². The van der Waals surface area contributed by atoms with Gasteiger partial charge in [0.25, 0.3) is 0 Å². The summed E-state index contributed by atoms with van der Waals surface area (Å²) in [6, 6.07) is 10.6. The molecule has 18 heavy (non-hydrogen) atoms. The van der Waals surface area contributed by atoms with Gasteiger partial charge in [-0.2, -0.15) is 0 Å². The first-order valence-electron chi connectivity index (χ1n) is 6.33. The summed E-state index contributed by atoms with van der Waals surface area (Å²) in [7, 11) is 0. The van der Waals surface area contributed by atoms with Crippen molar-refractivity contribution in [3.63, 3.8) is 0 Å². The van der Waals surface area contributed by atoms with Gasteiger partial charge in [-0.25, -0.2) is 4.98 Å². The number of hydrogen-bond acceptors (Lipinski definition) is 3. The van der Waals surface area contributed by atoms with E-state index in [-0.39, 0.29) is 0 Å². The second kappa shape index (κ2) is 4.69. The van der Waals surface area contributed by atoms with Crippen LogP contribution >= 0.6 is 0 Å². The van der Waals surface area contributed by atoms with Gasteiger partial charge in [0.2, 0.25) is 0 Å². The van der Waals surface area contributed by atoms with E-state index in [9.17, 15) is 0 Å². The maximum atomic E-state index is 5.61. The topological polar surface area (TPSA) is 34.1 Å². The highest BCUT2D eigenvalue weighted by atomic mass is 16.5. The first-order valence-corrected chi connectivity index (χ1v) is 6.33. The summed E-state index contributed by atoms with van der Waals surface area (Å²) >= 11 is 0. The van der Waals surface area contributed by atoms with Gasteiger partial charge in [0.15, 0.2) is 11.6 Å². The molecule has 0 amide bonds. The maximum Gasteiger partial charge on any atom is 0.168 e. The fourth-order valence-corrected chi connectivity index (χ4v) is 2.11. The lowest BCUT2D eigenvalue weighted by Crippen LogP contribution is -2.18. The molecule has 1 aromatic carbocycles. The standard InChI is InChI=1S/C15H16N2O/c1-2-11-3-5-12(6-4-11)13-9-14-15(17-10-13)16-7-8-18-14/h3-6,9-10H,2,7-8H2,1H3,(H,16,17). The number of aryl methyl sites for hydroxylation is 1. The van der Waals surface area contributed by atoms with Gasteiger partial charge in [0.1, 0.15) is 6.61 Å². The number of ether oxygens (including phenoxy) is 1. The van der Waals surface area contributed by atoms with Gasteiger partial charge >= 0.3 is 0 Å². The van der Waals surface area contributed by atoms with Gasteiger partial charge in [-0.3, -0.25) is 0 Å². The van der Waals surface area contributed by atoms with Gasteiger partial charge in [-0.05, 0) is 23.6 Å². The predicted molar refractivity (Wildman–Crippen MR) is 73.0 cm³/mol. The largest absolute Gasteiger partial charge is 0.488 e. The van der Waals surface area contributed by atoms with Crippen LogP contribution in [0.5, 0.6) is 5.75 Å². The van der Waals surface area contributed by atoms with Gasteiger partial charge in [0, 0.05) is 11.8 Å². The number of benzene rings is 1. The highest BCUT2D eigenvalue weighted by molar-refractivity contribution is 5.68. The fourth-order valence-electron chi connectivity index (χ4n) is 2.11. The molecule has 0 atom stereocenters. The third-order valence-corrected chi connectivity index (χ3v) is 3.20. The van der Waals surface area contributed by atoms with Crippen LogP contribution in [0.2, 0.25) is 0 Å². The average molecular weight is 240 g/mol. The number of pyridine rings is 1. The number of nitrogens with one attached hydrogen (secondary N) is 1. The molecule has 2 aromatic rings. The van der Waals surface area contributed by atoms with E-state index in [4.69, 9.17) is 4.74 Å². The first kappa shape index (κ1) is 11.1. The molecule has 0 aliphatic carbocycles. The number of aromatic nitrogens is 1. The smallest absolute Gasteiger partial charge is 0.168 e. The van der Waals surface area contributed by atoms with Gasteiger partial charge < -0.3 is 10.1 Å². The number of fused-ring (bicyclic) bond motifs is 1. The number of hydrogen-bond donors (Lipinski definition) is 1. The molecule has 0 bridgehead atoms. The lowest BCUT2D eigenvalue weighted by Gasteiger charge is -2.18. The first-order chi connectivity index (χ1) is 8.86. The molecule has 0 saturated carbocycles. The van der Waals surface area contributed by atoms with Crippen molar-refractivity contribution in [3.05, 3.63) is 42.1 Å². The van der Waals surface area contributed by atoms with Crippen LogP contribution in [0.1, 0.15) is 12.5 Å². The van der Waals surface area contributed by atoms with Crippen molar-refractivity contribution >= 4 is 5.82 Å². The van der Waals surface area contributed by atoms with Gasteiger partial charge in [-0.1, -0.05) is 31.2 Å². The van der Waals surface area contributed by atoms with Crippen molar-refractivity contribution in [2.24, 2.45) is 0 Å². The third-order valence-electron chi connectivity index (χ3n) is 3.20. The van der Waals surface area contributed by atoms with Crippen LogP contribution in [0.4, 0.5) is 5.82 Å². The van der Waals surface area contributed by atoms with Crippen LogP contribution in [-0.4, -0.2) is 18.1 Å². The van der Waals surface area contributed by atoms with E-state index in [0.717, 1.165) is 30.1 Å². The quantitative estimate of drug-likeness (QED) is 0.875. The summed E-state index contributed by atoms with van der Waals surface area (Å²) in [4.78, 5) is 4.40. The highest BCUT2D eigenvalue weighted by Crippen LogP contribution is 2.30. The van der Waals surface area contributed by atoms with E-state index in [2.05, 4.69) is 47.6 Å². The van der Waals surface area contributed by atoms with E-state index < -0.39 is 0 Å².